The Bertz CT molecular complexity index is 503. The van der Waals surface area contributed by atoms with Crippen LogP contribution in [0.2, 0.25) is 0 Å². The number of nitrogens with one attached hydrogen (secondary N) is 1. The van der Waals surface area contributed by atoms with Crippen molar-refractivity contribution >= 4 is 0 Å². The molecule has 0 saturated heterocycles. The van der Waals surface area contributed by atoms with Crippen LogP contribution >= 0.6 is 0 Å². The van der Waals surface area contributed by atoms with Crippen LogP contribution in [0.4, 0.5) is 0 Å². The van der Waals surface area contributed by atoms with E-state index >= 15 is 0 Å². The summed E-state index contributed by atoms with van der Waals surface area (Å²) in [6.07, 6.45) is 4.65. The van der Waals surface area contributed by atoms with E-state index in [2.05, 4.69) is 10.4 Å². The zero-order valence-corrected chi connectivity index (χ0v) is 11.5. The molecule has 0 aliphatic rings. The predicted molar refractivity (Wildman–Crippen MR) is 75.8 cm³/mol. The van der Waals surface area contributed by atoms with Crippen LogP contribution in [0.25, 0.3) is 0 Å². The van der Waals surface area contributed by atoms with Crippen LogP contribution in [0.5, 0.6) is 0 Å². The van der Waals surface area contributed by atoms with Gasteiger partial charge in [-0.05, 0) is 31.5 Å². The summed E-state index contributed by atoms with van der Waals surface area (Å²) in [4.78, 5) is 0. The number of likely N-dealkylation sites (N-methyl/N-ethyl adjacent to an activating group) is 1. The Morgan fingerprint density at radius 3 is 2.58 bits per heavy atom. The van der Waals surface area contributed by atoms with Crippen LogP contribution in [-0.2, 0) is 12.1 Å². The first-order valence-electron chi connectivity index (χ1n) is 6.54. The molecule has 4 heteroatoms. The highest BCUT2D eigenvalue weighted by molar-refractivity contribution is 5.24. The Kier molecular flexibility index (Phi) is 4.35. The lowest BCUT2D eigenvalue weighted by Crippen LogP contribution is -2.44. The highest BCUT2D eigenvalue weighted by Crippen LogP contribution is 2.24. The van der Waals surface area contributed by atoms with Crippen LogP contribution in [0, 0.1) is 6.92 Å². The number of aliphatic hydroxyl groups is 1. The monoisotopic (exact) mass is 259 g/mol. The fraction of sp³-hybridized carbons (Fsp3) is 0.400. The van der Waals surface area contributed by atoms with Crippen molar-refractivity contribution in [3.05, 3.63) is 53.9 Å². The van der Waals surface area contributed by atoms with Crippen molar-refractivity contribution in [3.63, 3.8) is 0 Å². The van der Waals surface area contributed by atoms with E-state index in [1.807, 2.05) is 61.4 Å². The molecule has 2 aromatic rings. The highest BCUT2D eigenvalue weighted by atomic mass is 16.3. The molecule has 0 bridgehead atoms. The summed E-state index contributed by atoms with van der Waals surface area (Å²) in [5.74, 6) is 0. The van der Waals surface area contributed by atoms with Crippen molar-refractivity contribution in [1.29, 1.82) is 0 Å². The Labute approximate surface area is 114 Å². The van der Waals surface area contributed by atoms with Crippen molar-refractivity contribution < 1.29 is 5.11 Å². The van der Waals surface area contributed by atoms with Gasteiger partial charge in [-0.2, -0.15) is 5.10 Å². The first-order chi connectivity index (χ1) is 9.20. The molecule has 4 nitrogen and oxygen atoms in total. The summed E-state index contributed by atoms with van der Waals surface area (Å²) in [6.45, 7) is 2.86. The second-order valence-electron chi connectivity index (χ2n) is 4.89. The molecule has 0 amide bonds. The smallest absolute Gasteiger partial charge is 0.0684 e. The zero-order valence-electron chi connectivity index (χ0n) is 11.5. The minimum Gasteiger partial charge on any atom is -0.394 e. The van der Waals surface area contributed by atoms with Gasteiger partial charge in [0.2, 0.25) is 0 Å². The largest absolute Gasteiger partial charge is 0.394 e. The second-order valence-corrected chi connectivity index (χ2v) is 4.89. The SMILES string of the molecule is CNC(CO)(CCn1cc(C)cn1)c1ccccc1. The summed E-state index contributed by atoms with van der Waals surface area (Å²) in [7, 11) is 1.89. The molecule has 0 spiro atoms. The molecule has 0 fully saturated rings. The summed E-state index contributed by atoms with van der Waals surface area (Å²) in [6, 6.07) is 10.1. The molecule has 102 valence electrons. The number of benzene rings is 1. The van der Waals surface area contributed by atoms with E-state index in [0.717, 1.165) is 24.1 Å². The molecule has 0 aliphatic carbocycles. The minimum atomic E-state index is -0.416. The maximum absolute atomic E-state index is 9.82. The minimum absolute atomic E-state index is 0.0633. The number of aryl methyl sites for hydroxylation is 2. The number of rotatable bonds is 6. The molecule has 1 aromatic carbocycles. The fourth-order valence-corrected chi connectivity index (χ4v) is 2.31. The zero-order chi connectivity index (χ0) is 13.7. The third-order valence-corrected chi connectivity index (χ3v) is 3.60. The van der Waals surface area contributed by atoms with Crippen LogP contribution in [-0.4, -0.2) is 28.5 Å². The lowest BCUT2D eigenvalue weighted by Gasteiger charge is -2.32. The Morgan fingerprint density at radius 2 is 2.05 bits per heavy atom. The number of hydrogen-bond acceptors (Lipinski definition) is 3. The maximum atomic E-state index is 9.82. The summed E-state index contributed by atoms with van der Waals surface area (Å²) < 4.78 is 1.92. The van der Waals surface area contributed by atoms with E-state index in [0.29, 0.717) is 0 Å². The summed E-state index contributed by atoms with van der Waals surface area (Å²) >= 11 is 0. The van der Waals surface area contributed by atoms with Crippen LogP contribution < -0.4 is 5.32 Å². The number of aliphatic hydroxyl groups excluding tert-OH is 1. The molecule has 0 radical (unpaired) electrons. The quantitative estimate of drug-likeness (QED) is 0.830. The van der Waals surface area contributed by atoms with E-state index in [-0.39, 0.29) is 6.61 Å². The van der Waals surface area contributed by atoms with E-state index in [1.54, 1.807) is 0 Å². The van der Waals surface area contributed by atoms with Gasteiger partial charge >= 0.3 is 0 Å². The summed E-state index contributed by atoms with van der Waals surface area (Å²) in [5.41, 5.74) is 1.84. The van der Waals surface area contributed by atoms with Gasteiger partial charge in [0, 0.05) is 12.7 Å². The van der Waals surface area contributed by atoms with E-state index < -0.39 is 5.54 Å². The van der Waals surface area contributed by atoms with E-state index in [1.165, 1.54) is 0 Å². The average molecular weight is 259 g/mol. The van der Waals surface area contributed by atoms with Gasteiger partial charge < -0.3 is 10.4 Å². The van der Waals surface area contributed by atoms with Crippen molar-refractivity contribution in [2.45, 2.75) is 25.4 Å². The van der Waals surface area contributed by atoms with Crippen molar-refractivity contribution in [2.75, 3.05) is 13.7 Å². The van der Waals surface area contributed by atoms with Crippen LogP contribution in [0.1, 0.15) is 17.5 Å². The topological polar surface area (TPSA) is 50.1 Å². The number of aromatic nitrogens is 2. The normalized spacial score (nSPS) is 14.3. The average Bonchev–Trinajstić information content (AvgIpc) is 2.88. The first kappa shape index (κ1) is 13.8. The molecule has 1 heterocycles. The Morgan fingerprint density at radius 1 is 1.32 bits per heavy atom. The molecule has 2 rings (SSSR count). The molecular formula is C15H21N3O. The highest BCUT2D eigenvalue weighted by Gasteiger charge is 2.29. The van der Waals surface area contributed by atoms with Gasteiger partial charge in [-0.15, -0.1) is 0 Å². The molecule has 1 atom stereocenters. The van der Waals surface area contributed by atoms with Gasteiger partial charge in [0.05, 0.1) is 18.3 Å². The standard InChI is InChI=1S/C15H21N3O/c1-13-10-17-18(11-13)9-8-15(12-19,16-2)14-6-4-3-5-7-14/h3-7,10-11,16,19H,8-9,12H2,1-2H3. The predicted octanol–water partition coefficient (Wildman–Crippen LogP) is 1.69. The number of hydrogen-bond donors (Lipinski definition) is 2. The maximum Gasteiger partial charge on any atom is 0.0684 e. The van der Waals surface area contributed by atoms with E-state index in [4.69, 9.17) is 0 Å². The molecule has 1 aromatic heterocycles. The molecule has 0 saturated carbocycles. The number of nitrogens with zero attached hydrogens (tertiary/aromatic N) is 2. The first-order valence-corrected chi connectivity index (χ1v) is 6.54. The molecule has 19 heavy (non-hydrogen) atoms. The van der Waals surface area contributed by atoms with Crippen LogP contribution in [0.3, 0.4) is 0 Å². The Hall–Kier alpha value is -1.65. The third-order valence-electron chi connectivity index (χ3n) is 3.60. The van der Waals surface area contributed by atoms with Crippen molar-refractivity contribution in [3.8, 4) is 0 Å². The van der Waals surface area contributed by atoms with Crippen LogP contribution in [0.15, 0.2) is 42.7 Å². The third kappa shape index (κ3) is 3.03. The van der Waals surface area contributed by atoms with Gasteiger partial charge in [0.1, 0.15) is 0 Å². The van der Waals surface area contributed by atoms with Crippen molar-refractivity contribution in [2.24, 2.45) is 0 Å². The van der Waals surface area contributed by atoms with Crippen molar-refractivity contribution in [1.82, 2.24) is 15.1 Å². The van der Waals surface area contributed by atoms with Gasteiger partial charge in [-0.25, -0.2) is 0 Å². The van der Waals surface area contributed by atoms with Gasteiger partial charge in [-0.1, -0.05) is 30.3 Å². The van der Waals surface area contributed by atoms with Gasteiger partial charge in [0.15, 0.2) is 0 Å². The van der Waals surface area contributed by atoms with E-state index in [9.17, 15) is 5.11 Å². The molecule has 0 aliphatic heterocycles. The lowest BCUT2D eigenvalue weighted by atomic mass is 9.87. The lowest BCUT2D eigenvalue weighted by molar-refractivity contribution is 0.152. The molecular weight excluding hydrogens is 238 g/mol. The second kappa shape index (κ2) is 5.99. The fourth-order valence-electron chi connectivity index (χ4n) is 2.31. The summed E-state index contributed by atoms with van der Waals surface area (Å²) in [5, 5.41) is 17.4. The van der Waals surface area contributed by atoms with Gasteiger partial charge in [-0.3, -0.25) is 4.68 Å². The molecule has 2 N–H and O–H groups in total. The Balaban J connectivity index is 2.16. The van der Waals surface area contributed by atoms with Gasteiger partial charge in [0.25, 0.3) is 0 Å². The molecule has 1 unspecified atom stereocenters.